The third-order valence-corrected chi connectivity index (χ3v) is 5.47. The van der Waals surface area contributed by atoms with Crippen molar-refractivity contribution in [3.05, 3.63) is 46.2 Å². The van der Waals surface area contributed by atoms with Crippen molar-refractivity contribution in [1.29, 1.82) is 0 Å². The average molecular weight is 370 g/mol. The van der Waals surface area contributed by atoms with Crippen LogP contribution in [0.25, 0.3) is 0 Å². The number of hydrogen-bond donors (Lipinski definition) is 2. The molecule has 0 spiro atoms. The Morgan fingerprint density at radius 3 is 2.50 bits per heavy atom. The number of carboxylic acids is 1. The van der Waals surface area contributed by atoms with Gasteiger partial charge in [-0.15, -0.1) is 11.3 Å². The Kier molecular flexibility index (Phi) is 5.52. The van der Waals surface area contributed by atoms with E-state index in [4.69, 9.17) is 5.11 Å². The Balaban J connectivity index is 2.17. The molecule has 0 unspecified atom stereocenters. The van der Waals surface area contributed by atoms with Crippen LogP contribution in [0.1, 0.15) is 12.1 Å². The molecule has 2 rings (SSSR count). The second kappa shape index (κ2) is 7.41. The molecular weight excluding hydrogens is 356 g/mol. The van der Waals surface area contributed by atoms with E-state index in [0.29, 0.717) is 4.73 Å². The molecule has 1 aromatic carbocycles. The fourth-order valence-corrected chi connectivity index (χ4v) is 3.79. The van der Waals surface area contributed by atoms with Crippen LogP contribution in [0.3, 0.4) is 0 Å². The number of carboxylic acid groups (broad SMARTS) is 1. The molecule has 8 nitrogen and oxygen atoms in total. The van der Waals surface area contributed by atoms with Crippen molar-refractivity contribution in [3.8, 4) is 0 Å². The summed E-state index contributed by atoms with van der Waals surface area (Å²) in [6, 6.07) is 7.51. The number of hydrogen-bond acceptors (Lipinski definition) is 6. The topological polar surface area (TPSA) is 126 Å². The second-order valence-corrected chi connectivity index (χ2v) is 7.62. The largest absolute Gasteiger partial charge is 0.481 e. The number of rotatable bonds is 6. The highest BCUT2D eigenvalue weighted by atomic mass is 32.2. The van der Waals surface area contributed by atoms with Crippen molar-refractivity contribution in [2.45, 2.75) is 17.7 Å². The van der Waals surface area contributed by atoms with E-state index in [-0.39, 0.29) is 28.2 Å². The van der Waals surface area contributed by atoms with Gasteiger partial charge in [0.25, 0.3) is 5.91 Å². The molecule has 0 aliphatic rings. The van der Waals surface area contributed by atoms with Gasteiger partial charge in [-0.05, 0) is 12.1 Å². The summed E-state index contributed by atoms with van der Waals surface area (Å²) >= 11 is 0.916. The lowest BCUT2D eigenvalue weighted by atomic mass is 10.2. The normalized spacial score (nSPS) is 12.2. The summed E-state index contributed by atoms with van der Waals surface area (Å²) < 4.78 is 24.8. The predicted molar refractivity (Wildman–Crippen MR) is 84.5 cm³/mol. The number of thiazole rings is 1. The first-order chi connectivity index (χ1) is 11.3. The fraction of sp³-hybridized carbons (Fsp3) is 0.214. The first-order valence-corrected chi connectivity index (χ1v) is 9.28. The molecule has 2 aromatic rings. The van der Waals surface area contributed by atoms with Gasteiger partial charge in [-0.2, -0.15) is 9.72 Å². The number of amides is 1. The van der Waals surface area contributed by atoms with E-state index >= 15 is 0 Å². The molecule has 0 saturated carbocycles. The standard InChI is InChI=1S/C14H14N2O6S2/c17-12(9-24(21,22)11-4-2-1-3-5-11)15-14-16(20)10(8-23-14)6-7-13(18)19/h1-5,8,20H,6-7,9H2,(H,18,19). The molecule has 0 aliphatic heterocycles. The summed E-state index contributed by atoms with van der Waals surface area (Å²) in [4.78, 5) is 25.9. The number of carbonyl (C=O) groups excluding carboxylic acids is 1. The van der Waals surface area contributed by atoms with Crippen molar-refractivity contribution in [1.82, 2.24) is 4.73 Å². The van der Waals surface area contributed by atoms with Crippen LogP contribution in [-0.4, -0.2) is 41.1 Å². The van der Waals surface area contributed by atoms with Crippen molar-refractivity contribution in [2.75, 3.05) is 5.75 Å². The van der Waals surface area contributed by atoms with Gasteiger partial charge in [0.1, 0.15) is 5.75 Å². The van der Waals surface area contributed by atoms with Crippen LogP contribution >= 0.6 is 11.3 Å². The molecule has 0 aliphatic carbocycles. The van der Waals surface area contributed by atoms with Crippen LogP contribution in [0.5, 0.6) is 0 Å². The zero-order chi connectivity index (χ0) is 17.7. The molecule has 10 heteroatoms. The Bertz CT molecular complexity index is 912. The summed E-state index contributed by atoms with van der Waals surface area (Å²) in [6.07, 6.45) is -0.124. The molecule has 2 N–H and O–H groups in total. The third-order valence-electron chi connectivity index (χ3n) is 2.98. The van der Waals surface area contributed by atoms with Crippen molar-refractivity contribution < 1.29 is 28.3 Å². The first-order valence-electron chi connectivity index (χ1n) is 6.75. The summed E-state index contributed by atoms with van der Waals surface area (Å²) in [5.41, 5.74) is 0.278. The number of carbonyl (C=O) groups is 2. The van der Waals surface area contributed by atoms with E-state index < -0.39 is 27.5 Å². The molecule has 24 heavy (non-hydrogen) atoms. The van der Waals surface area contributed by atoms with E-state index in [0.717, 1.165) is 11.3 Å². The second-order valence-electron chi connectivity index (χ2n) is 4.79. The van der Waals surface area contributed by atoms with Gasteiger partial charge in [0.15, 0.2) is 9.84 Å². The smallest absolute Gasteiger partial charge is 0.303 e. The first kappa shape index (κ1) is 17.9. The van der Waals surface area contributed by atoms with Crippen LogP contribution in [0.2, 0.25) is 0 Å². The van der Waals surface area contributed by atoms with Crippen molar-refractivity contribution in [2.24, 2.45) is 4.99 Å². The molecule has 1 aromatic heterocycles. The summed E-state index contributed by atoms with van der Waals surface area (Å²) in [6.45, 7) is 0. The molecule has 1 amide bonds. The lowest BCUT2D eigenvalue weighted by molar-refractivity contribution is -0.137. The SMILES string of the molecule is O=C(O)CCc1csc(=NC(=O)CS(=O)(=O)c2ccccc2)n1O. The van der Waals surface area contributed by atoms with Crippen LogP contribution in [0, 0.1) is 0 Å². The highest BCUT2D eigenvalue weighted by molar-refractivity contribution is 7.92. The van der Waals surface area contributed by atoms with Gasteiger partial charge in [-0.25, -0.2) is 8.42 Å². The summed E-state index contributed by atoms with van der Waals surface area (Å²) in [5, 5.41) is 19.9. The maximum atomic E-state index is 12.1. The number of aromatic nitrogens is 1. The Morgan fingerprint density at radius 2 is 1.88 bits per heavy atom. The van der Waals surface area contributed by atoms with Gasteiger partial charge in [0, 0.05) is 11.8 Å². The van der Waals surface area contributed by atoms with Crippen molar-refractivity contribution in [3.63, 3.8) is 0 Å². The molecule has 128 valence electrons. The minimum absolute atomic E-state index is 0.0127. The zero-order valence-electron chi connectivity index (χ0n) is 12.3. The van der Waals surface area contributed by atoms with E-state index in [1.54, 1.807) is 18.2 Å². The predicted octanol–water partition coefficient (Wildman–Crippen LogP) is 0.705. The van der Waals surface area contributed by atoms with Crippen LogP contribution in [0.15, 0.2) is 45.6 Å². The summed E-state index contributed by atoms with van der Waals surface area (Å²) in [5.74, 6) is -2.77. The lowest BCUT2D eigenvalue weighted by Crippen LogP contribution is -2.21. The molecule has 0 bridgehead atoms. The van der Waals surface area contributed by atoms with Gasteiger partial charge < -0.3 is 10.3 Å². The van der Waals surface area contributed by atoms with Gasteiger partial charge in [-0.3, -0.25) is 9.59 Å². The average Bonchev–Trinajstić information content (AvgIpc) is 2.86. The number of sulfone groups is 1. The monoisotopic (exact) mass is 370 g/mol. The quantitative estimate of drug-likeness (QED) is 0.721. The van der Waals surface area contributed by atoms with E-state index in [9.17, 15) is 23.2 Å². The van der Waals surface area contributed by atoms with Crippen LogP contribution in [0.4, 0.5) is 0 Å². The van der Waals surface area contributed by atoms with Crippen molar-refractivity contribution >= 4 is 33.1 Å². The maximum absolute atomic E-state index is 12.1. The van der Waals surface area contributed by atoms with Crippen LogP contribution in [-0.2, 0) is 25.8 Å². The number of aliphatic carboxylic acids is 1. The Morgan fingerprint density at radius 1 is 1.21 bits per heavy atom. The van der Waals surface area contributed by atoms with E-state index in [1.165, 1.54) is 17.5 Å². The van der Waals surface area contributed by atoms with Gasteiger partial charge >= 0.3 is 5.97 Å². The fourth-order valence-electron chi connectivity index (χ4n) is 1.83. The lowest BCUT2D eigenvalue weighted by Gasteiger charge is -2.01. The number of aryl methyl sites for hydroxylation is 1. The zero-order valence-corrected chi connectivity index (χ0v) is 14.0. The molecule has 0 atom stereocenters. The molecule has 0 radical (unpaired) electrons. The van der Waals surface area contributed by atoms with Crippen LogP contribution < -0.4 is 4.80 Å². The minimum atomic E-state index is -3.81. The number of benzene rings is 1. The molecule has 0 fully saturated rings. The minimum Gasteiger partial charge on any atom is -0.481 e. The number of nitrogens with zero attached hydrogens (tertiary/aromatic N) is 2. The van der Waals surface area contributed by atoms with Gasteiger partial charge in [0.05, 0.1) is 17.0 Å². The molecule has 1 heterocycles. The maximum Gasteiger partial charge on any atom is 0.303 e. The van der Waals surface area contributed by atoms with E-state index in [2.05, 4.69) is 4.99 Å². The highest BCUT2D eigenvalue weighted by Crippen LogP contribution is 2.10. The van der Waals surface area contributed by atoms with Gasteiger partial charge in [-0.1, -0.05) is 18.2 Å². The Labute approximate surface area is 141 Å². The van der Waals surface area contributed by atoms with E-state index in [1.807, 2.05) is 0 Å². The summed E-state index contributed by atoms with van der Waals surface area (Å²) in [7, 11) is -3.81. The molecular formula is C14H14N2O6S2. The Hall–Kier alpha value is -2.46. The molecule has 0 saturated heterocycles. The highest BCUT2D eigenvalue weighted by Gasteiger charge is 2.19. The van der Waals surface area contributed by atoms with Gasteiger partial charge in [0.2, 0.25) is 4.80 Å². The third kappa shape index (κ3) is 4.52.